The molecule has 0 aliphatic rings. The van der Waals surface area contributed by atoms with Crippen molar-refractivity contribution in [1.29, 1.82) is 0 Å². The Morgan fingerprint density at radius 1 is 1.40 bits per heavy atom. The van der Waals surface area contributed by atoms with Crippen molar-refractivity contribution in [2.75, 3.05) is 7.05 Å². The van der Waals surface area contributed by atoms with Crippen molar-refractivity contribution >= 4 is 6.21 Å². The summed E-state index contributed by atoms with van der Waals surface area (Å²) >= 11 is 0. The van der Waals surface area contributed by atoms with Crippen LogP contribution in [-0.2, 0) is 0 Å². The smallest absolute Gasteiger partial charge is 0.0309 e. The summed E-state index contributed by atoms with van der Waals surface area (Å²) in [5.41, 5.74) is 1.07. The Bertz CT molecular complexity index is 155. The van der Waals surface area contributed by atoms with Gasteiger partial charge in [0.25, 0.3) is 0 Å². The monoisotopic (exact) mass is 138 g/mol. The standard InChI is InChI=1S/C8H14N2/c1-4-8(9-3)6-7-10-5-2/h4-7,9H,1-3H3/b7-6-,8-4+,10-5?. The molecule has 0 spiro atoms. The van der Waals surface area contributed by atoms with Crippen LogP contribution < -0.4 is 5.32 Å². The minimum Gasteiger partial charge on any atom is -0.388 e. The predicted octanol–water partition coefficient (Wildman–Crippen LogP) is 1.71. The second-order valence-corrected chi connectivity index (χ2v) is 1.72. The van der Waals surface area contributed by atoms with Crippen molar-refractivity contribution in [2.24, 2.45) is 4.99 Å². The van der Waals surface area contributed by atoms with E-state index in [1.807, 2.05) is 33.0 Å². The van der Waals surface area contributed by atoms with Gasteiger partial charge >= 0.3 is 0 Å². The van der Waals surface area contributed by atoms with E-state index in [4.69, 9.17) is 0 Å². The first-order valence-corrected chi connectivity index (χ1v) is 3.33. The topological polar surface area (TPSA) is 24.4 Å². The molecule has 0 unspecified atom stereocenters. The molecule has 1 N–H and O–H groups in total. The fourth-order valence-electron chi connectivity index (χ4n) is 0.533. The number of nitrogens with one attached hydrogen (secondary N) is 1. The fraction of sp³-hybridized carbons (Fsp3) is 0.375. The van der Waals surface area contributed by atoms with Crippen LogP contribution in [0.4, 0.5) is 0 Å². The van der Waals surface area contributed by atoms with Gasteiger partial charge in [-0.15, -0.1) is 0 Å². The van der Waals surface area contributed by atoms with Crippen LogP contribution in [0.2, 0.25) is 0 Å². The van der Waals surface area contributed by atoms with Crippen molar-refractivity contribution < 1.29 is 0 Å². The SMILES string of the molecule is CC=N/C=C\C(=C/C)NC. The largest absolute Gasteiger partial charge is 0.388 e. The third-order valence-corrected chi connectivity index (χ3v) is 1.09. The first kappa shape index (κ1) is 8.95. The molecule has 0 aromatic rings. The van der Waals surface area contributed by atoms with E-state index in [2.05, 4.69) is 10.3 Å². The zero-order valence-corrected chi connectivity index (χ0v) is 6.76. The summed E-state index contributed by atoms with van der Waals surface area (Å²) in [7, 11) is 1.88. The Balaban J connectivity index is 3.85. The van der Waals surface area contributed by atoms with E-state index in [0.29, 0.717) is 0 Å². The summed E-state index contributed by atoms with van der Waals surface area (Å²) in [5.74, 6) is 0. The highest BCUT2D eigenvalue weighted by Gasteiger charge is 1.78. The maximum atomic E-state index is 3.92. The predicted molar refractivity (Wildman–Crippen MR) is 46.1 cm³/mol. The van der Waals surface area contributed by atoms with Gasteiger partial charge in [-0.3, -0.25) is 4.99 Å². The highest BCUT2D eigenvalue weighted by atomic mass is 14.8. The second-order valence-electron chi connectivity index (χ2n) is 1.72. The summed E-state index contributed by atoms with van der Waals surface area (Å²) in [5, 5.41) is 3.01. The molecule has 10 heavy (non-hydrogen) atoms. The molecule has 0 atom stereocenters. The lowest BCUT2D eigenvalue weighted by Gasteiger charge is -1.95. The number of aliphatic imine (C=N–C) groups is 1. The van der Waals surface area contributed by atoms with Crippen LogP contribution in [0.5, 0.6) is 0 Å². The maximum Gasteiger partial charge on any atom is 0.0309 e. The molecule has 0 rings (SSSR count). The van der Waals surface area contributed by atoms with Gasteiger partial charge in [0.15, 0.2) is 0 Å². The van der Waals surface area contributed by atoms with Crippen molar-refractivity contribution in [3.05, 3.63) is 24.0 Å². The minimum absolute atomic E-state index is 1.07. The zero-order chi connectivity index (χ0) is 7.82. The molecule has 0 saturated carbocycles. The molecule has 56 valence electrons. The van der Waals surface area contributed by atoms with E-state index < -0.39 is 0 Å². The molecule has 0 aliphatic carbocycles. The number of nitrogens with zero attached hydrogens (tertiary/aromatic N) is 1. The lowest BCUT2D eigenvalue weighted by Crippen LogP contribution is -2.01. The average molecular weight is 138 g/mol. The van der Waals surface area contributed by atoms with Gasteiger partial charge in [0.05, 0.1) is 0 Å². The lowest BCUT2D eigenvalue weighted by molar-refractivity contribution is 1.03. The van der Waals surface area contributed by atoms with Gasteiger partial charge in [-0.25, -0.2) is 0 Å². The number of likely N-dealkylation sites (N-methyl/N-ethyl adjacent to an activating group) is 1. The molecule has 0 bridgehead atoms. The summed E-state index contributed by atoms with van der Waals surface area (Å²) < 4.78 is 0. The van der Waals surface area contributed by atoms with Gasteiger partial charge in [0.1, 0.15) is 0 Å². The molecule has 0 amide bonds. The molecule has 0 aliphatic heterocycles. The Labute approximate surface area is 62.4 Å². The van der Waals surface area contributed by atoms with Crippen LogP contribution in [0.15, 0.2) is 29.0 Å². The van der Waals surface area contributed by atoms with Crippen LogP contribution in [0.3, 0.4) is 0 Å². The van der Waals surface area contributed by atoms with Gasteiger partial charge < -0.3 is 5.32 Å². The van der Waals surface area contributed by atoms with Crippen molar-refractivity contribution in [2.45, 2.75) is 13.8 Å². The Kier molecular flexibility index (Phi) is 5.44. The number of rotatable bonds is 3. The van der Waals surface area contributed by atoms with Gasteiger partial charge in [-0.1, -0.05) is 6.08 Å². The van der Waals surface area contributed by atoms with Crippen LogP contribution in [0.1, 0.15) is 13.8 Å². The van der Waals surface area contributed by atoms with E-state index in [1.54, 1.807) is 12.4 Å². The third-order valence-electron chi connectivity index (χ3n) is 1.09. The first-order valence-electron chi connectivity index (χ1n) is 3.33. The highest BCUT2D eigenvalue weighted by molar-refractivity contribution is 5.54. The summed E-state index contributed by atoms with van der Waals surface area (Å²) in [6.07, 6.45) is 7.41. The van der Waals surface area contributed by atoms with E-state index in [-0.39, 0.29) is 0 Å². The summed E-state index contributed by atoms with van der Waals surface area (Å²) in [4.78, 5) is 3.92. The van der Waals surface area contributed by atoms with Gasteiger partial charge in [0, 0.05) is 25.2 Å². The molecular weight excluding hydrogens is 124 g/mol. The third kappa shape index (κ3) is 3.89. The van der Waals surface area contributed by atoms with Crippen LogP contribution in [0, 0.1) is 0 Å². The van der Waals surface area contributed by atoms with E-state index in [0.717, 1.165) is 5.70 Å². The second kappa shape index (κ2) is 6.08. The van der Waals surface area contributed by atoms with E-state index in [9.17, 15) is 0 Å². The van der Waals surface area contributed by atoms with Crippen LogP contribution >= 0.6 is 0 Å². The highest BCUT2D eigenvalue weighted by Crippen LogP contribution is 1.88. The number of hydrogen-bond acceptors (Lipinski definition) is 2. The molecule has 0 radical (unpaired) electrons. The molecular formula is C8H14N2. The van der Waals surface area contributed by atoms with E-state index >= 15 is 0 Å². The maximum absolute atomic E-state index is 3.92. The Morgan fingerprint density at radius 3 is 2.50 bits per heavy atom. The van der Waals surface area contributed by atoms with Crippen molar-refractivity contribution in [3.63, 3.8) is 0 Å². The Hall–Kier alpha value is -1.05. The van der Waals surface area contributed by atoms with Gasteiger partial charge in [-0.2, -0.15) is 0 Å². The lowest BCUT2D eigenvalue weighted by atomic mass is 10.4. The molecule has 2 heteroatoms. The zero-order valence-electron chi connectivity index (χ0n) is 6.76. The van der Waals surface area contributed by atoms with Crippen LogP contribution in [0.25, 0.3) is 0 Å². The Morgan fingerprint density at radius 2 is 2.10 bits per heavy atom. The molecule has 0 saturated heterocycles. The van der Waals surface area contributed by atoms with Gasteiger partial charge in [0.2, 0.25) is 0 Å². The van der Waals surface area contributed by atoms with E-state index in [1.165, 1.54) is 0 Å². The molecule has 0 aromatic heterocycles. The first-order chi connectivity index (χ1) is 4.85. The van der Waals surface area contributed by atoms with Crippen molar-refractivity contribution in [1.82, 2.24) is 5.32 Å². The van der Waals surface area contributed by atoms with Crippen molar-refractivity contribution in [3.8, 4) is 0 Å². The van der Waals surface area contributed by atoms with Crippen LogP contribution in [-0.4, -0.2) is 13.3 Å². The normalized spacial score (nSPS) is 13.3. The minimum atomic E-state index is 1.07. The summed E-state index contributed by atoms with van der Waals surface area (Å²) in [6.45, 7) is 3.87. The molecule has 2 nitrogen and oxygen atoms in total. The summed E-state index contributed by atoms with van der Waals surface area (Å²) in [6, 6.07) is 0. The molecule has 0 fully saturated rings. The number of allylic oxidation sites excluding steroid dienone is 2. The molecule has 0 heterocycles. The molecule has 0 aromatic carbocycles. The van der Waals surface area contributed by atoms with Gasteiger partial charge in [-0.05, 0) is 19.9 Å². The average Bonchev–Trinajstić information content (AvgIpc) is 1.99. The number of hydrogen-bond donors (Lipinski definition) is 1. The fourth-order valence-corrected chi connectivity index (χ4v) is 0.533. The quantitative estimate of drug-likeness (QED) is 0.466.